The largest absolute Gasteiger partial charge is 0.504 e. The average molecular weight is 284 g/mol. The third kappa shape index (κ3) is 1.85. The maximum absolute atomic E-state index is 9.35. The fourth-order valence-corrected chi connectivity index (χ4v) is 2.68. The van der Waals surface area contributed by atoms with Crippen LogP contribution in [0.4, 0.5) is 0 Å². The smallest absolute Gasteiger partial charge is 0.157 e. The molecule has 3 nitrogen and oxygen atoms in total. The van der Waals surface area contributed by atoms with Gasteiger partial charge in [0.1, 0.15) is 0 Å². The van der Waals surface area contributed by atoms with Gasteiger partial charge in [-0.15, -0.1) is 0 Å². The fourth-order valence-electron chi connectivity index (χ4n) is 0.957. The van der Waals surface area contributed by atoms with Crippen molar-refractivity contribution in [3.05, 3.63) is 11.9 Å². The van der Waals surface area contributed by atoms with Crippen LogP contribution in [0, 0.1) is 0 Å². The molecule has 5 heteroatoms. The van der Waals surface area contributed by atoms with Crippen molar-refractivity contribution < 1.29 is 5.11 Å². The number of nitrogens with zero attached hydrogens (tertiary/aromatic N) is 2. The molecule has 0 aliphatic rings. The molecule has 1 aromatic rings. The van der Waals surface area contributed by atoms with Crippen molar-refractivity contribution >= 4 is 28.4 Å². The second kappa shape index (κ2) is 3.72. The molecule has 1 heterocycles. The van der Waals surface area contributed by atoms with Crippen molar-refractivity contribution in [2.75, 3.05) is 0 Å². The van der Waals surface area contributed by atoms with Gasteiger partial charge in [-0.05, 0) is 28.0 Å². The van der Waals surface area contributed by atoms with E-state index in [2.05, 4.69) is 27.1 Å². The summed E-state index contributed by atoms with van der Waals surface area (Å²) in [4.78, 5) is 0. The zero-order valence-electron chi connectivity index (χ0n) is 6.37. The zero-order valence-corrected chi connectivity index (χ0v) is 9.53. The summed E-state index contributed by atoms with van der Waals surface area (Å²) in [5.41, 5.74) is 0.928. The molecular weight excluding hydrogens is 274 g/mol. The van der Waals surface area contributed by atoms with E-state index in [9.17, 15) is 5.11 Å². The quantitative estimate of drug-likeness (QED) is 0.669. The maximum Gasteiger partial charge on any atom is 0.157 e. The standard InChI is InChI=1S/C6H10IN2OP/c1-4(2)6-5(10)3-8-9(6)11-7/h3-4,10-11H,1-2H3. The zero-order chi connectivity index (χ0) is 8.43. The molecule has 11 heavy (non-hydrogen) atoms. The first-order valence-electron chi connectivity index (χ1n) is 3.30. The number of aromatic hydroxyl groups is 1. The lowest BCUT2D eigenvalue weighted by Crippen LogP contribution is -1.95. The predicted molar refractivity (Wildman–Crippen MR) is 55.7 cm³/mol. The van der Waals surface area contributed by atoms with Gasteiger partial charge in [0.05, 0.1) is 18.3 Å². The van der Waals surface area contributed by atoms with Crippen molar-refractivity contribution in [1.29, 1.82) is 0 Å². The van der Waals surface area contributed by atoms with E-state index in [0.717, 1.165) is 5.69 Å². The summed E-state index contributed by atoms with van der Waals surface area (Å²) in [5, 5.41) is 13.4. The van der Waals surface area contributed by atoms with Crippen LogP contribution in [0.3, 0.4) is 0 Å². The number of halogens is 1. The summed E-state index contributed by atoms with van der Waals surface area (Å²) in [5.74, 6) is 0.643. The molecule has 0 bridgehead atoms. The van der Waals surface area contributed by atoms with Gasteiger partial charge in [-0.2, -0.15) is 5.10 Å². The van der Waals surface area contributed by atoms with Crippen molar-refractivity contribution in [3.8, 4) is 5.75 Å². The highest BCUT2D eigenvalue weighted by atomic mass is 127. The Morgan fingerprint density at radius 1 is 1.73 bits per heavy atom. The first-order valence-corrected chi connectivity index (χ1v) is 7.36. The molecule has 0 saturated heterocycles. The van der Waals surface area contributed by atoms with Gasteiger partial charge in [0.25, 0.3) is 0 Å². The van der Waals surface area contributed by atoms with Crippen LogP contribution in [0.15, 0.2) is 6.20 Å². The molecule has 0 amide bonds. The predicted octanol–water partition coefficient (Wildman–Crippen LogP) is 2.50. The van der Waals surface area contributed by atoms with Gasteiger partial charge < -0.3 is 5.11 Å². The SMILES string of the molecule is CC(C)c1c(O)cnn1PI. The second-order valence-corrected chi connectivity index (χ2v) is 4.61. The molecule has 1 rings (SSSR count). The van der Waals surface area contributed by atoms with Crippen molar-refractivity contribution in [1.82, 2.24) is 9.55 Å². The van der Waals surface area contributed by atoms with E-state index in [1.54, 1.807) is 0 Å². The first kappa shape index (κ1) is 9.26. The van der Waals surface area contributed by atoms with Crippen molar-refractivity contribution in [2.45, 2.75) is 19.8 Å². The van der Waals surface area contributed by atoms with E-state index < -0.39 is 0 Å². The molecule has 0 fully saturated rings. The van der Waals surface area contributed by atoms with Gasteiger partial charge in [-0.1, -0.05) is 13.8 Å². The van der Waals surface area contributed by atoms with E-state index in [4.69, 9.17) is 0 Å². The van der Waals surface area contributed by atoms with Crippen LogP contribution in [0.25, 0.3) is 0 Å². The van der Waals surface area contributed by atoms with Crippen LogP contribution in [-0.4, -0.2) is 14.7 Å². The lowest BCUT2D eigenvalue weighted by Gasteiger charge is -2.06. The van der Waals surface area contributed by atoms with E-state index >= 15 is 0 Å². The Balaban J connectivity index is 3.07. The molecule has 0 radical (unpaired) electrons. The Morgan fingerprint density at radius 2 is 2.36 bits per heavy atom. The highest BCUT2D eigenvalue weighted by Gasteiger charge is 2.11. The van der Waals surface area contributed by atoms with Crippen LogP contribution in [0.1, 0.15) is 25.5 Å². The van der Waals surface area contributed by atoms with E-state index in [1.165, 1.54) is 6.20 Å². The average Bonchev–Trinajstić information content (AvgIpc) is 2.30. The molecule has 0 aromatic carbocycles. The summed E-state index contributed by atoms with van der Waals surface area (Å²) < 4.78 is 1.83. The van der Waals surface area contributed by atoms with Crippen molar-refractivity contribution in [3.63, 3.8) is 0 Å². The third-order valence-corrected chi connectivity index (χ3v) is 3.30. The highest BCUT2D eigenvalue weighted by Crippen LogP contribution is 2.33. The third-order valence-electron chi connectivity index (χ3n) is 1.41. The van der Waals surface area contributed by atoms with Gasteiger partial charge in [0, 0.05) is 0 Å². The molecular formula is C6H10IN2OP. The molecule has 1 unspecified atom stereocenters. The van der Waals surface area contributed by atoms with Gasteiger partial charge in [0.2, 0.25) is 0 Å². The number of hydrogen-bond donors (Lipinski definition) is 1. The highest BCUT2D eigenvalue weighted by molar-refractivity contribution is 14.2. The van der Waals surface area contributed by atoms with Crippen LogP contribution >= 0.6 is 28.4 Å². The minimum Gasteiger partial charge on any atom is -0.504 e. The molecule has 1 aromatic heterocycles. The summed E-state index contributed by atoms with van der Waals surface area (Å²) in [6.07, 6.45) is 2.06. The first-order chi connectivity index (χ1) is 5.16. The maximum atomic E-state index is 9.35. The number of hydrogen-bond acceptors (Lipinski definition) is 2. The lowest BCUT2D eigenvalue weighted by atomic mass is 10.1. The lowest BCUT2D eigenvalue weighted by molar-refractivity contribution is 0.464. The molecule has 0 aliphatic carbocycles. The Bertz CT molecular complexity index is 249. The molecule has 62 valence electrons. The monoisotopic (exact) mass is 284 g/mol. The topological polar surface area (TPSA) is 38.1 Å². The van der Waals surface area contributed by atoms with Gasteiger partial charge in [-0.25, -0.2) is 4.45 Å². The fraction of sp³-hybridized carbons (Fsp3) is 0.500. The number of aromatic nitrogens is 2. The molecule has 0 spiro atoms. The van der Waals surface area contributed by atoms with E-state index in [-0.39, 0.29) is 0 Å². The van der Waals surface area contributed by atoms with Gasteiger partial charge in [0.15, 0.2) is 5.75 Å². The second-order valence-electron chi connectivity index (χ2n) is 2.57. The molecule has 0 aliphatic heterocycles. The Hall–Kier alpha value is 0.170. The Labute approximate surface area is 80.5 Å². The molecule has 0 saturated carbocycles. The van der Waals surface area contributed by atoms with Crippen LogP contribution in [-0.2, 0) is 0 Å². The summed E-state index contributed by atoms with van der Waals surface area (Å²) in [6, 6.07) is 0. The molecule has 1 N–H and O–H groups in total. The molecule has 1 atom stereocenters. The van der Waals surface area contributed by atoms with Gasteiger partial charge in [-0.3, -0.25) is 0 Å². The van der Waals surface area contributed by atoms with Crippen molar-refractivity contribution in [2.24, 2.45) is 0 Å². The summed E-state index contributed by atoms with van der Waals surface area (Å²) in [6.45, 7) is 4.09. The summed E-state index contributed by atoms with van der Waals surface area (Å²) >= 11 is 2.24. The van der Waals surface area contributed by atoms with Gasteiger partial charge >= 0.3 is 0 Å². The van der Waals surface area contributed by atoms with Crippen LogP contribution in [0.2, 0.25) is 0 Å². The van der Waals surface area contributed by atoms with Crippen LogP contribution in [0.5, 0.6) is 5.75 Å². The minimum absolute atomic E-state index is 0.309. The summed E-state index contributed by atoms with van der Waals surface area (Å²) in [7, 11) is 0. The van der Waals surface area contributed by atoms with E-state index in [0.29, 0.717) is 18.0 Å². The minimum atomic E-state index is 0.309. The van der Waals surface area contributed by atoms with E-state index in [1.807, 2.05) is 18.3 Å². The van der Waals surface area contributed by atoms with Crippen LogP contribution < -0.4 is 0 Å². The number of rotatable bonds is 2. The Kier molecular flexibility index (Phi) is 3.13. The normalized spacial score (nSPS) is 12.0. The Morgan fingerprint density at radius 3 is 2.73 bits per heavy atom.